The van der Waals surface area contributed by atoms with E-state index in [4.69, 9.17) is 0 Å². The molecule has 118 valence electrons. The fourth-order valence-corrected chi connectivity index (χ4v) is 3.36. The maximum absolute atomic E-state index is 9.59. The zero-order valence-corrected chi connectivity index (χ0v) is 13.7. The van der Waals surface area contributed by atoms with Crippen LogP contribution >= 0.6 is 11.3 Å². The molecule has 2 N–H and O–H groups in total. The number of rotatable bonds is 5. The van der Waals surface area contributed by atoms with Crippen molar-refractivity contribution in [1.82, 2.24) is 10.3 Å². The molecule has 3 rings (SSSR count). The highest BCUT2D eigenvalue weighted by Gasteiger charge is 2.17. The van der Waals surface area contributed by atoms with Crippen LogP contribution in [0, 0.1) is 0 Å². The number of nitrogens with zero attached hydrogens (tertiary/aromatic N) is 2. The Hall–Kier alpha value is -1.43. The number of piperidine rings is 1. The standard InChI is InChI=1S/C17H23N3OS/c1-13(18-10-15-11-22-12-19-15)14-2-4-16(5-3-14)20-8-6-17(21)7-9-20/h2-5,11-13,17-18,21H,6-10H2,1H3. The molecule has 1 atom stereocenters. The monoisotopic (exact) mass is 317 g/mol. The molecule has 0 saturated carbocycles. The second-order valence-corrected chi connectivity index (χ2v) is 6.61. The van der Waals surface area contributed by atoms with Gasteiger partial charge in [0, 0.05) is 36.7 Å². The van der Waals surface area contributed by atoms with E-state index in [0.29, 0.717) is 6.04 Å². The number of hydrogen-bond donors (Lipinski definition) is 2. The maximum Gasteiger partial charge on any atom is 0.0795 e. The summed E-state index contributed by atoms with van der Waals surface area (Å²) < 4.78 is 0. The molecule has 1 aliphatic heterocycles. The quantitative estimate of drug-likeness (QED) is 0.890. The third-order valence-corrected chi connectivity index (χ3v) is 4.93. The van der Waals surface area contributed by atoms with E-state index in [0.717, 1.165) is 38.2 Å². The summed E-state index contributed by atoms with van der Waals surface area (Å²) in [6, 6.07) is 9.07. The van der Waals surface area contributed by atoms with E-state index in [1.165, 1.54) is 11.3 Å². The lowest BCUT2D eigenvalue weighted by atomic mass is 10.0. The number of aliphatic hydroxyl groups excluding tert-OH is 1. The fraction of sp³-hybridized carbons (Fsp3) is 0.471. The summed E-state index contributed by atoms with van der Waals surface area (Å²) >= 11 is 1.63. The van der Waals surface area contributed by atoms with Gasteiger partial charge >= 0.3 is 0 Å². The van der Waals surface area contributed by atoms with Gasteiger partial charge in [-0.05, 0) is 37.5 Å². The number of aromatic nitrogens is 1. The number of hydrogen-bond acceptors (Lipinski definition) is 5. The van der Waals surface area contributed by atoms with Crippen molar-refractivity contribution in [3.8, 4) is 0 Å². The van der Waals surface area contributed by atoms with Crippen molar-refractivity contribution < 1.29 is 5.11 Å². The zero-order chi connectivity index (χ0) is 15.4. The molecule has 1 aliphatic rings. The second-order valence-electron chi connectivity index (χ2n) is 5.89. The molecule has 0 aliphatic carbocycles. The second kappa shape index (κ2) is 7.22. The Kier molecular flexibility index (Phi) is 5.08. The van der Waals surface area contributed by atoms with E-state index in [9.17, 15) is 5.11 Å². The van der Waals surface area contributed by atoms with Crippen molar-refractivity contribution in [2.24, 2.45) is 0 Å². The van der Waals surface area contributed by atoms with Crippen LogP contribution in [-0.4, -0.2) is 29.3 Å². The van der Waals surface area contributed by atoms with Gasteiger partial charge in [0.1, 0.15) is 0 Å². The van der Waals surface area contributed by atoms with Gasteiger partial charge in [0.2, 0.25) is 0 Å². The van der Waals surface area contributed by atoms with Gasteiger partial charge in [-0.15, -0.1) is 11.3 Å². The summed E-state index contributed by atoms with van der Waals surface area (Å²) in [6.45, 7) is 4.87. The zero-order valence-electron chi connectivity index (χ0n) is 12.9. The lowest BCUT2D eigenvalue weighted by Crippen LogP contribution is -2.35. The van der Waals surface area contributed by atoms with Crippen LogP contribution < -0.4 is 10.2 Å². The van der Waals surface area contributed by atoms with Crippen LogP contribution in [0.1, 0.15) is 37.1 Å². The first-order valence-electron chi connectivity index (χ1n) is 7.86. The van der Waals surface area contributed by atoms with Crippen LogP contribution in [0.4, 0.5) is 5.69 Å². The van der Waals surface area contributed by atoms with Crippen molar-refractivity contribution in [1.29, 1.82) is 0 Å². The first-order chi connectivity index (χ1) is 10.7. The Labute approximate surface area is 135 Å². The van der Waals surface area contributed by atoms with Crippen LogP contribution in [0.25, 0.3) is 0 Å². The summed E-state index contributed by atoms with van der Waals surface area (Å²) in [5.74, 6) is 0. The SMILES string of the molecule is CC(NCc1cscn1)c1ccc(N2CCC(O)CC2)cc1. The van der Waals surface area contributed by atoms with Crippen LogP contribution in [0.2, 0.25) is 0 Å². The normalized spacial score (nSPS) is 17.6. The Balaban J connectivity index is 1.56. The highest BCUT2D eigenvalue weighted by atomic mass is 32.1. The molecule has 4 nitrogen and oxygen atoms in total. The number of thiazole rings is 1. The third kappa shape index (κ3) is 3.85. The minimum atomic E-state index is -0.120. The third-order valence-electron chi connectivity index (χ3n) is 4.30. The van der Waals surface area contributed by atoms with Crippen LogP contribution in [0.3, 0.4) is 0 Å². The Morgan fingerprint density at radius 1 is 1.32 bits per heavy atom. The van der Waals surface area contributed by atoms with E-state index < -0.39 is 0 Å². The molecule has 0 bridgehead atoms. The van der Waals surface area contributed by atoms with Crippen molar-refractivity contribution in [3.63, 3.8) is 0 Å². The fourth-order valence-electron chi connectivity index (χ4n) is 2.80. The molecule has 1 aromatic heterocycles. The maximum atomic E-state index is 9.59. The Morgan fingerprint density at radius 3 is 2.68 bits per heavy atom. The van der Waals surface area contributed by atoms with Crippen molar-refractivity contribution >= 4 is 17.0 Å². The largest absolute Gasteiger partial charge is 0.393 e. The van der Waals surface area contributed by atoms with Crippen LogP contribution in [-0.2, 0) is 6.54 Å². The van der Waals surface area contributed by atoms with Crippen molar-refractivity contribution in [2.45, 2.75) is 38.5 Å². The van der Waals surface area contributed by atoms with Crippen LogP contribution in [0.5, 0.6) is 0 Å². The van der Waals surface area contributed by atoms with E-state index in [-0.39, 0.29) is 6.10 Å². The average Bonchev–Trinajstić information content (AvgIpc) is 3.07. The number of nitrogens with one attached hydrogen (secondary N) is 1. The van der Waals surface area contributed by atoms with Gasteiger partial charge in [-0.1, -0.05) is 12.1 Å². The van der Waals surface area contributed by atoms with Gasteiger partial charge < -0.3 is 15.3 Å². The predicted octanol–water partition coefficient (Wildman–Crippen LogP) is 2.96. The molecule has 1 aromatic carbocycles. The molecule has 2 heterocycles. The molecule has 5 heteroatoms. The molecule has 0 spiro atoms. The predicted molar refractivity (Wildman–Crippen MR) is 91.3 cm³/mol. The van der Waals surface area contributed by atoms with E-state index >= 15 is 0 Å². The van der Waals surface area contributed by atoms with Gasteiger partial charge in [-0.2, -0.15) is 0 Å². The van der Waals surface area contributed by atoms with Crippen LogP contribution in [0.15, 0.2) is 35.2 Å². The molecule has 0 radical (unpaired) electrons. The lowest BCUT2D eigenvalue weighted by molar-refractivity contribution is 0.145. The van der Waals surface area contributed by atoms with E-state index in [1.54, 1.807) is 11.3 Å². The molecule has 2 aromatic rings. The Bertz CT molecular complexity index is 562. The number of aliphatic hydroxyl groups is 1. The molecular formula is C17H23N3OS. The molecule has 1 unspecified atom stereocenters. The molecule has 22 heavy (non-hydrogen) atoms. The minimum absolute atomic E-state index is 0.120. The van der Waals surface area contributed by atoms with E-state index in [2.05, 4.69) is 51.8 Å². The first kappa shape index (κ1) is 15.5. The van der Waals surface area contributed by atoms with Crippen molar-refractivity contribution in [3.05, 3.63) is 46.4 Å². The number of anilines is 1. The van der Waals surface area contributed by atoms with Gasteiger partial charge in [-0.25, -0.2) is 4.98 Å². The minimum Gasteiger partial charge on any atom is -0.393 e. The van der Waals surface area contributed by atoms with E-state index in [1.807, 2.05) is 5.51 Å². The molecule has 1 fully saturated rings. The molecule has 0 amide bonds. The summed E-state index contributed by atoms with van der Waals surface area (Å²) in [5, 5.41) is 15.2. The summed E-state index contributed by atoms with van der Waals surface area (Å²) in [4.78, 5) is 6.64. The smallest absolute Gasteiger partial charge is 0.0795 e. The van der Waals surface area contributed by atoms with Gasteiger partial charge in [0.05, 0.1) is 17.3 Å². The summed E-state index contributed by atoms with van der Waals surface area (Å²) in [5.41, 5.74) is 5.50. The Morgan fingerprint density at radius 2 is 2.05 bits per heavy atom. The van der Waals surface area contributed by atoms with Gasteiger partial charge in [0.25, 0.3) is 0 Å². The number of benzene rings is 1. The highest BCUT2D eigenvalue weighted by Crippen LogP contribution is 2.22. The average molecular weight is 317 g/mol. The topological polar surface area (TPSA) is 48.4 Å². The molecule has 1 saturated heterocycles. The first-order valence-corrected chi connectivity index (χ1v) is 8.80. The summed E-state index contributed by atoms with van der Waals surface area (Å²) in [7, 11) is 0. The lowest BCUT2D eigenvalue weighted by Gasteiger charge is -2.31. The van der Waals surface area contributed by atoms with Gasteiger partial charge in [0.15, 0.2) is 0 Å². The summed E-state index contributed by atoms with van der Waals surface area (Å²) in [6.07, 6.45) is 1.62. The highest BCUT2D eigenvalue weighted by molar-refractivity contribution is 7.07. The molecular weight excluding hydrogens is 294 g/mol. The van der Waals surface area contributed by atoms with Gasteiger partial charge in [-0.3, -0.25) is 0 Å². The van der Waals surface area contributed by atoms with Crippen molar-refractivity contribution in [2.75, 3.05) is 18.0 Å².